The molecule has 0 aliphatic carbocycles. The van der Waals surface area contributed by atoms with Gasteiger partial charge in [-0.15, -0.1) is 0 Å². The highest BCUT2D eigenvalue weighted by Crippen LogP contribution is 2.45. The van der Waals surface area contributed by atoms with Crippen molar-refractivity contribution < 1.29 is 80.2 Å². The minimum Gasteiger partial charge on any atom is -0.462 e. The van der Waals surface area contributed by atoms with Gasteiger partial charge >= 0.3 is 39.5 Å². The Morgan fingerprint density at radius 3 is 0.864 bits per heavy atom. The second-order valence-electron chi connectivity index (χ2n) is 25.6. The van der Waals surface area contributed by atoms with Crippen LogP contribution >= 0.6 is 15.6 Å². The molecule has 0 aromatic heterocycles. The van der Waals surface area contributed by atoms with Gasteiger partial charge in [-0.3, -0.25) is 37.3 Å². The van der Waals surface area contributed by atoms with Crippen LogP contribution in [0, 0.1) is 11.8 Å². The monoisotopic (exact) mass is 1300 g/mol. The fraction of sp³-hybridized carbons (Fsp3) is 0.942. The van der Waals surface area contributed by atoms with Crippen LogP contribution in [0.5, 0.6) is 0 Å². The molecule has 0 aromatic carbocycles. The minimum absolute atomic E-state index is 0.107. The van der Waals surface area contributed by atoms with Crippen LogP contribution in [0.3, 0.4) is 0 Å². The smallest absolute Gasteiger partial charge is 0.462 e. The van der Waals surface area contributed by atoms with E-state index < -0.39 is 97.5 Å². The molecule has 17 nitrogen and oxygen atoms in total. The highest BCUT2D eigenvalue weighted by Gasteiger charge is 2.30. The summed E-state index contributed by atoms with van der Waals surface area (Å²) < 4.78 is 68.2. The second kappa shape index (κ2) is 61.3. The molecule has 88 heavy (non-hydrogen) atoms. The lowest BCUT2D eigenvalue weighted by Gasteiger charge is -2.21. The first-order valence-corrected chi connectivity index (χ1v) is 39.0. The van der Waals surface area contributed by atoms with Gasteiger partial charge in [0.2, 0.25) is 0 Å². The lowest BCUT2D eigenvalue weighted by atomic mass is 9.99. The lowest BCUT2D eigenvalue weighted by molar-refractivity contribution is -0.161. The third kappa shape index (κ3) is 61.6. The quantitative estimate of drug-likeness (QED) is 0.0222. The maximum absolute atomic E-state index is 13.0. The van der Waals surface area contributed by atoms with Crippen molar-refractivity contribution >= 4 is 39.5 Å². The molecule has 0 aliphatic heterocycles. The van der Waals surface area contributed by atoms with E-state index in [0.717, 1.165) is 108 Å². The number of rotatable bonds is 68. The number of carbonyl (C=O) groups is 4. The molecule has 0 aromatic rings. The zero-order valence-electron chi connectivity index (χ0n) is 57.0. The molecule has 0 amide bonds. The molecule has 6 atom stereocenters. The van der Waals surface area contributed by atoms with E-state index in [2.05, 4.69) is 41.5 Å². The summed E-state index contributed by atoms with van der Waals surface area (Å²) in [4.78, 5) is 72.4. The molecule has 0 saturated heterocycles. The van der Waals surface area contributed by atoms with E-state index in [4.69, 9.17) is 37.0 Å². The fourth-order valence-corrected chi connectivity index (χ4v) is 12.0. The predicted molar refractivity (Wildman–Crippen MR) is 354 cm³/mol. The summed E-state index contributed by atoms with van der Waals surface area (Å²) in [6.07, 6.45) is 45.7. The molecule has 0 fully saturated rings. The Kier molecular flexibility index (Phi) is 59.9. The van der Waals surface area contributed by atoms with E-state index >= 15 is 0 Å². The summed E-state index contributed by atoms with van der Waals surface area (Å²) in [5, 5.41) is 10.6. The van der Waals surface area contributed by atoms with Gasteiger partial charge in [0.1, 0.15) is 19.3 Å². The minimum atomic E-state index is -4.95. The molecular weight excluding hydrogens is 1160 g/mol. The maximum atomic E-state index is 13.0. The van der Waals surface area contributed by atoms with Crippen molar-refractivity contribution in [3.8, 4) is 0 Å². The molecule has 0 heterocycles. The first-order valence-electron chi connectivity index (χ1n) is 36.0. The van der Waals surface area contributed by atoms with Gasteiger partial charge in [0.05, 0.1) is 26.4 Å². The van der Waals surface area contributed by atoms with Crippen LogP contribution in [-0.4, -0.2) is 96.7 Å². The molecule has 3 unspecified atom stereocenters. The number of aliphatic hydroxyl groups excluding tert-OH is 1. The summed E-state index contributed by atoms with van der Waals surface area (Å²) in [5.74, 6) is -0.563. The van der Waals surface area contributed by atoms with Gasteiger partial charge in [-0.1, -0.05) is 298 Å². The Morgan fingerprint density at radius 1 is 0.330 bits per heavy atom. The van der Waals surface area contributed by atoms with Crippen molar-refractivity contribution in [3.05, 3.63) is 0 Å². The van der Waals surface area contributed by atoms with Gasteiger partial charge in [-0.25, -0.2) is 9.13 Å². The Bertz CT molecular complexity index is 1720. The van der Waals surface area contributed by atoms with Crippen molar-refractivity contribution in [3.63, 3.8) is 0 Å². The Hall–Kier alpha value is -1.94. The van der Waals surface area contributed by atoms with E-state index in [0.29, 0.717) is 25.7 Å². The summed E-state index contributed by atoms with van der Waals surface area (Å²) in [5.41, 5.74) is 0. The first kappa shape index (κ1) is 86.1. The first-order chi connectivity index (χ1) is 42.4. The topological polar surface area (TPSA) is 237 Å². The van der Waals surface area contributed by atoms with E-state index in [-0.39, 0.29) is 25.7 Å². The summed E-state index contributed by atoms with van der Waals surface area (Å²) in [6, 6.07) is 0. The number of phosphoric acid groups is 2. The summed E-state index contributed by atoms with van der Waals surface area (Å²) >= 11 is 0. The molecule has 0 aliphatic rings. The largest absolute Gasteiger partial charge is 0.472 e. The van der Waals surface area contributed by atoms with E-state index in [9.17, 15) is 43.2 Å². The average molecular weight is 1300 g/mol. The number of aliphatic hydroxyl groups is 1. The zero-order chi connectivity index (χ0) is 65.0. The van der Waals surface area contributed by atoms with Gasteiger partial charge in [0.25, 0.3) is 0 Å². The van der Waals surface area contributed by atoms with Crippen LogP contribution in [0.4, 0.5) is 0 Å². The number of phosphoric ester groups is 2. The zero-order valence-corrected chi connectivity index (χ0v) is 58.8. The average Bonchev–Trinajstić information content (AvgIpc) is 3.50. The van der Waals surface area contributed by atoms with E-state index in [1.807, 2.05) is 0 Å². The van der Waals surface area contributed by atoms with Gasteiger partial charge in [0.15, 0.2) is 12.2 Å². The van der Waals surface area contributed by atoms with E-state index in [1.165, 1.54) is 161 Å². The highest BCUT2D eigenvalue weighted by molar-refractivity contribution is 7.47. The second-order valence-corrected chi connectivity index (χ2v) is 28.5. The molecule has 3 N–H and O–H groups in total. The van der Waals surface area contributed by atoms with Crippen molar-refractivity contribution in [1.29, 1.82) is 0 Å². The van der Waals surface area contributed by atoms with Gasteiger partial charge in [0, 0.05) is 25.7 Å². The molecule has 0 rings (SSSR count). The van der Waals surface area contributed by atoms with Crippen LogP contribution in [0.2, 0.25) is 0 Å². The molecule has 0 radical (unpaired) electrons. The van der Waals surface area contributed by atoms with Crippen LogP contribution in [-0.2, 0) is 65.4 Å². The van der Waals surface area contributed by atoms with Crippen LogP contribution in [0.25, 0.3) is 0 Å². The molecule has 522 valence electrons. The molecule has 19 heteroatoms. The number of carbonyl (C=O) groups excluding carboxylic acids is 4. The van der Waals surface area contributed by atoms with Crippen molar-refractivity contribution in [2.45, 2.75) is 368 Å². The maximum Gasteiger partial charge on any atom is 0.472 e. The van der Waals surface area contributed by atoms with Crippen molar-refractivity contribution in [2.75, 3.05) is 39.6 Å². The molecule has 0 spiro atoms. The standard InChI is InChI=1S/C69H134O17P2/c1-7-10-12-14-16-18-19-24-27-35-41-47-53-68(73)85-64(57-79-66(71)51-45-39-33-17-15-13-11-8-2)59-83-87(75,76)81-55-63(70)56-82-88(77,78)84-60-65(58-80-67(72)52-46-40-34-30-29-32-38-44-50-62(6)9-3)86-69(74)54-48-42-36-28-25-22-20-21-23-26-31-37-43-49-61(4)5/h61-65,70H,7-60H2,1-6H3,(H,75,76)(H,77,78)/t62?,63-,64+,65+/m0/s1. The number of unbranched alkanes of at least 4 members (excludes halogenated alkanes) is 37. The SMILES string of the molecule is CCCCCCCCCCCCCCC(=O)O[C@H](COC(=O)CCCCCCCCCC)COP(=O)(O)OC[C@H](O)COP(=O)(O)OC[C@@H](COC(=O)CCCCCCCCCCC(C)CC)OC(=O)CCCCCCCCCCCCCCCC(C)C. The van der Waals surface area contributed by atoms with Crippen LogP contribution in [0.15, 0.2) is 0 Å². The van der Waals surface area contributed by atoms with Gasteiger partial charge in [-0.05, 0) is 37.5 Å². The lowest BCUT2D eigenvalue weighted by Crippen LogP contribution is -2.30. The third-order valence-electron chi connectivity index (χ3n) is 16.3. The molecule has 0 bridgehead atoms. The van der Waals surface area contributed by atoms with Crippen LogP contribution in [0.1, 0.15) is 350 Å². The normalized spacial score (nSPS) is 14.5. The van der Waals surface area contributed by atoms with Crippen molar-refractivity contribution in [1.82, 2.24) is 0 Å². The van der Waals surface area contributed by atoms with Crippen molar-refractivity contribution in [2.24, 2.45) is 11.8 Å². The Morgan fingerprint density at radius 2 is 0.580 bits per heavy atom. The number of esters is 4. The summed E-state index contributed by atoms with van der Waals surface area (Å²) in [6.45, 7) is 9.54. The molecule has 0 saturated carbocycles. The van der Waals surface area contributed by atoms with E-state index in [1.54, 1.807) is 0 Å². The summed E-state index contributed by atoms with van der Waals surface area (Å²) in [7, 11) is -9.89. The van der Waals surface area contributed by atoms with Gasteiger partial charge in [-0.2, -0.15) is 0 Å². The molecular formula is C69H134O17P2. The van der Waals surface area contributed by atoms with Gasteiger partial charge < -0.3 is 33.8 Å². The number of hydrogen-bond donors (Lipinski definition) is 3. The Labute approximate surface area is 537 Å². The Balaban J connectivity index is 5.23. The predicted octanol–water partition coefficient (Wildman–Crippen LogP) is 19.6. The van der Waals surface area contributed by atoms with Crippen LogP contribution < -0.4 is 0 Å². The fourth-order valence-electron chi connectivity index (χ4n) is 10.4. The number of ether oxygens (including phenoxy) is 4. The number of hydrogen-bond acceptors (Lipinski definition) is 15. The highest BCUT2D eigenvalue weighted by atomic mass is 31.2. The third-order valence-corrected chi connectivity index (χ3v) is 18.2.